The average Bonchev–Trinajstić information content (AvgIpc) is 3.91. The molecule has 11 aromatic rings. The van der Waals surface area contributed by atoms with E-state index in [1.807, 2.05) is 12.1 Å². The monoisotopic (exact) mass is 677 g/mol. The molecule has 53 heavy (non-hydrogen) atoms. The molecular formula is C49H31N3O. The molecule has 0 saturated heterocycles. The van der Waals surface area contributed by atoms with E-state index in [1.165, 1.54) is 27.4 Å². The maximum absolute atomic E-state index is 6.51. The second kappa shape index (κ2) is 11.7. The molecule has 0 bridgehead atoms. The quantitative estimate of drug-likeness (QED) is 0.182. The Balaban J connectivity index is 1.07. The van der Waals surface area contributed by atoms with Gasteiger partial charge in [0.1, 0.15) is 16.8 Å². The smallest absolute Gasteiger partial charge is 0.137 e. The van der Waals surface area contributed by atoms with Gasteiger partial charge in [-0.2, -0.15) is 0 Å². The molecule has 0 N–H and O–H groups in total. The molecule has 0 saturated carbocycles. The topological polar surface area (TPSA) is 35.4 Å². The van der Waals surface area contributed by atoms with Crippen molar-refractivity contribution in [3.05, 3.63) is 188 Å². The molecule has 0 radical (unpaired) electrons. The standard InChI is InChI=1S/C49H31N3O/c1-3-13-32(14-4-1)48-49(51-28-10-9-23-46(51)50-48)36-16-11-15-35(29-36)38-20-12-22-45-47(38)41-31-34(25-27-44(41)53-45)33-24-26-43-40(30-33)39-19-7-8-21-42(39)52(43)37-17-5-2-6-18-37/h1-31H. The first kappa shape index (κ1) is 29.5. The number of pyridine rings is 1. The van der Waals surface area contributed by atoms with Gasteiger partial charge in [0.2, 0.25) is 0 Å². The number of para-hydroxylation sites is 2. The summed E-state index contributed by atoms with van der Waals surface area (Å²) in [5, 5.41) is 4.69. The van der Waals surface area contributed by atoms with Gasteiger partial charge >= 0.3 is 0 Å². The van der Waals surface area contributed by atoms with E-state index in [-0.39, 0.29) is 0 Å². The second-order valence-electron chi connectivity index (χ2n) is 13.6. The van der Waals surface area contributed by atoms with Gasteiger partial charge in [0, 0.05) is 44.6 Å². The first-order chi connectivity index (χ1) is 26.3. The van der Waals surface area contributed by atoms with E-state index in [4.69, 9.17) is 9.40 Å². The van der Waals surface area contributed by atoms with Crippen molar-refractivity contribution in [2.75, 3.05) is 0 Å². The van der Waals surface area contributed by atoms with Crippen LogP contribution in [0.15, 0.2) is 193 Å². The number of furan rings is 1. The van der Waals surface area contributed by atoms with Crippen molar-refractivity contribution < 1.29 is 4.42 Å². The maximum Gasteiger partial charge on any atom is 0.137 e. The predicted octanol–water partition coefficient (Wildman–Crippen LogP) is 13.0. The zero-order chi connectivity index (χ0) is 34.9. The van der Waals surface area contributed by atoms with E-state index >= 15 is 0 Å². The molecule has 4 heterocycles. The lowest BCUT2D eigenvalue weighted by atomic mass is 9.95. The highest BCUT2D eigenvalue weighted by molar-refractivity contribution is 6.14. The summed E-state index contributed by atoms with van der Waals surface area (Å²) in [5.41, 5.74) is 15.1. The number of hydrogen-bond donors (Lipinski definition) is 0. The number of nitrogens with zero attached hydrogens (tertiary/aromatic N) is 3. The minimum atomic E-state index is 0.876. The van der Waals surface area contributed by atoms with Crippen LogP contribution in [0.4, 0.5) is 0 Å². The van der Waals surface area contributed by atoms with Crippen molar-refractivity contribution in [1.82, 2.24) is 14.0 Å². The van der Waals surface area contributed by atoms with Crippen LogP contribution >= 0.6 is 0 Å². The fourth-order valence-electron chi connectivity index (χ4n) is 8.16. The van der Waals surface area contributed by atoms with Gasteiger partial charge in [0.05, 0.1) is 22.4 Å². The van der Waals surface area contributed by atoms with Crippen molar-refractivity contribution in [2.45, 2.75) is 0 Å². The van der Waals surface area contributed by atoms with Crippen LogP contribution in [0.3, 0.4) is 0 Å². The molecule has 4 heteroatoms. The molecule has 0 unspecified atom stereocenters. The Kier molecular flexibility index (Phi) is 6.52. The van der Waals surface area contributed by atoms with Crippen molar-refractivity contribution in [3.63, 3.8) is 0 Å². The Morgan fingerprint density at radius 1 is 0.434 bits per heavy atom. The predicted molar refractivity (Wildman–Crippen MR) is 219 cm³/mol. The van der Waals surface area contributed by atoms with Gasteiger partial charge in [-0.15, -0.1) is 0 Å². The Morgan fingerprint density at radius 3 is 2.02 bits per heavy atom. The first-order valence-electron chi connectivity index (χ1n) is 18.0. The van der Waals surface area contributed by atoms with Crippen LogP contribution in [0.2, 0.25) is 0 Å². The van der Waals surface area contributed by atoms with Gasteiger partial charge in [0.15, 0.2) is 0 Å². The summed E-state index contributed by atoms with van der Waals surface area (Å²) in [5.74, 6) is 0. The van der Waals surface area contributed by atoms with E-state index in [2.05, 4.69) is 185 Å². The van der Waals surface area contributed by atoms with E-state index in [0.717, 1.165) is 72.5 Å². The third kappa shape index (κ3) is 4.66. The van der Waals surface area contributed by atoms with Crippen LogP contribution in [0, 0.1) is 0 Å². The van der Waals surface area contributed by atoms with Gasteiger partial charge in [-0.05, 0) is 89.0 Å². The molecule has 248 valence electrons. The molecule has 11 rings (SSSR count). The summed E-state index contributed by atoms with van der Waals surface area (Å²) < 4.78 is 11.1. The number of aromatic nitrogens is 3. The van der Waals surface area contributed by atoms with E-state index < -0.39 is 0 Å². The van der Waals surface area contributed by atoms with E-state index in [0.29, 0.717) is 0 Å². The second-order valence-corrected chi connectivity index (χ2v) is 13.6. The molecule has 7 aromatic carbocycles. The van der Waals surface area contributed by atoms with Gasteiger partial charge < -0.3 is 8.98 Å². The number of imidazole rings is 1. The zero-order valence-corrected chi connectivity index (χ0v) is 28.6. The first-order valence-corrected chi connectivity index (χ1v) is 18.0. The fraction of sp³-hybridized carbons (Fsp3) is 0. The number of fused-ring (bicyclic) bond motifs is 7. The Labute approximate surface area is 305 Å². The summed E-state index contributed by atoms with van der Waals surface area (Å²) >= 11 is 0. The number of benzene rings is 7. The number of hydrogen-bond acceptors (Lipinski definition) is 2. The van der Waals surface area contributed by atoms with Crippen molar-refractivity contribution in [2.24, 2.45) is 0 Å². The Hall–Kier alpha value is -7.17. The van der Waals surface area contributed by atoms with E-state index in [1.54, 1.807) is 0 Å². The maximum atomic E-state index is 6.51. The zero-order valence-electron chi connectivity index (χ0n) is 28.6. The molecule has 0 fully saturated rings. The molecule has 0 aliphatic rings. The molecule has 4 aromatic heterocycles. The van der Waals surface area contributed by atoms with E-state index in [9.17, 15) is 0 Å². The third-order valence-electron chi connectivity index (χ3n) is 10.5. The molecule has 0 spiro atoms. The summed E-state index contributed by atoms with van der Waals surface area (Å²) in [7, 11) is 0. The van der Waals surface area contributed by atoms with Crippen molar-refractivity contribution in [3.8, 4) is 50.5 Å². The van der Waals surface area contributed by atoms with Gasteiger partial charge in [-0.25, -0.2) is 4.98 Å². The molecule has 0 aliphatic heterocycles. The van der Waals surface area contributed by atoms with Gasteiger partial charge in [0.25, 0.3) is 0 Å². The normalized spacial score (nSPS) is 11.8. The Morgan fingerprint density at radius 2 is 1.13 bits per heavy atom. The fourth-order valence-corrected chi connectivity index (χ4v) is 8.16. The lowest BCUT2D eigenvalue weighted by Gasteiger charge is -2.10. The van der Waals surface area contributed by atoms with Crippen LogP contribution in [-0.2, 0) is 0 Å². The highest BCUT2D eigenvalue weighted by Crippen LogP contribution is 2.41. The van der Waals surface area contributed by atoms with Gasteiger partial charge in [-0.1, -0.05) is 115 Å². The minimum Gasteiger partial charge on any atom is -0.456 e. The summed E-state index contributed by atoms with van der Waals surface area (Å²) in [6.07, 6.45) is 2.10. The van der Waals surface area contributed by atoms with Crippen LogP contribution in [0.5, 0.6) is 0 Å². The van der Waals surface area contributed by atoms with Crippen LogP contribution < -0.4 is 0 Å². The lowest BCUT2D eigenvalue weighted by molar-refractivity contribution is 0.669. The molecular weight excluding hydrogens is 647 g/mol. The molecule has 0 amide bonds. The number of rotatable bonds is 5. The highest BCUT2D eigenvalue weighted by Gasteiger charge is 2.19. The summed E-state index contributed by atoms with van der Waals surface area (Å²) in [6, 6.07) is 64.5. The summed E-state index contributed by atoms with van der Waals surface area (Å²) in [6.45, 7) is 0. The third-order valence-corrected chi connectivity index (χ3v) is 10.5. The molecule has 4 nitrogen and oxygen atoms in total. The molecule has 0 aliphatic carbocycles. The lowest BCUT2D eigenvalue weighted by Crippen LogP contribution is -1.92. The van der Waals surface area contributed by atoms with Crippen LogP contribution in [0.1, 0.15) is 0 Å². The minimum absolute atomic E-state index is 0.876. The molecule has 0 atom stereocenters. The van der Waals surface area contributed by atoms with Crippen molar-refractivity contribution >= 4 is 49.4 Å². The Bertz CT molecular complexity index is 3170. The average molecular weight is 678 g/mol. The van der Waals surface area contributed by atoms with Gasteiger partial charge in [-0.3, -0.25) is 4.40 Å². The van der Waals surface area contributed by atoms with Crippen LogP contribution in [-0.4, -0.2) is 14.0 Å². The van der Waals surface area contributed by atoms with Crippen molar-refractivity contribution in [1.29, 1.82) is 0 Å². The highest BCUT2D eigenvalue weighted by atomic mass is 16.3. The van der Waals surface area contributed by atoms with Crippen LogP contribution in [0.25, 0.3) is 99.8 Å². The SMILES string of the molecule is c1ccc(-c2nc3ccccn3c2-c2cccc(-c3cccc4oc5ccc(-c6ccc7c(c6)c6ccccc6n7-c6ccccc6)cc5c34)c2)cc1. The summed E-state index contributed by atoms with van der Waals surface area (Å²) in [4.78, 5) is 5.08. The largest absolute Gasteiger partial charge is 0.456 e.